The Bertz CT molecular complexity index is 70.4. The van der Waals surface area contributed by atoms with Crippen molar-refractivity contribution in [3.8, 4) is 0 Å². The van der Waals surface area contributed by atoms with Crippen molar-refractivity contribution < 1.29 is 0 Å². The van der Waals surface area contributed by atoms with Crippen molar-refractivity contribution >= 4 is 0 Å². The Kier molecular flexibility index (Phi) is 1.04. The third-order valence-electron chi connectivity index (χ3n) is 2.63. The standard InChI is InChI=1S/C7H13N/c1-2-6(3-1)7-4-8-5-7/h6-8H,1-5H2. The van der Waals surface area contributed by atoms with Crippen LogP contribution in [-0.4, -0.2) is 13.1 Å². The molecule has 1 saturated heterocycles. The van der Waals surface area contributed by atoms with Crippen molar-refractivity contribution in [1.29, 1.82) is 0 Å². The second kappa shape index (κ2) is 1.73. The van der Waals surface area contributed by atoms with E-state index < -0.39 is 0 Å². The molecule has 1 saturated carbocycles. The average Bonchev–Trinajstić information content (AvgIpc) is 1.47. The van der Waals surface area contributed by atoms with E-state index in [4.69, 9.17) is 0 Å². The summed E-state index contributed by atoms with van der Waals surface area (Å²) in [6, 6.07) is 0. The van der Waals surface area contributed by atoms with Crippen LogP contribution in [-0.2, 0) is 0 Å². The molecule has 8 heavy (non-hydrogen) atoms. The molecule has 1 N–H and O–H groups in total. The molecule has 0 unspecified atom stereocenters. The van der Waals surface area contributed by atoms with Crippen LogP contribution in [0.3, 0.4) is 0 Å². The Morgan fingerprint density at radius 3 is 1.88 bits per heavy atom. The summed E-state index contributed by atoms with van der Waals surface area (Å²) in [4.78, 5) is 0. The van der Waals surface area contributed by atoms with Gasteiger partial charge in [0.25, 0.3) is 0 Å². The van der Waals surface area contributed by atoms with Gasteiger partial charge >= 0.3 is 0 Å². The summed E-state index contributed by atoms with van der Waals surface area (Å²) in [5, 5.41) is 3.31. The third kappa shape index (κ3) is 0.576. The van der Waals surface area contributed by atoms with Gasteiger partial charge in [-0.25, -0.2) is 0 Å². The molecule has 1 heteroatoms. The van der Waals surface area contributed by atoms with Gasteiger partial charge in [0.1, 0.15) is 0 Å². The van der Waals surface area contributed by atoms with Crippen LogP contribution in [0.25, 0.3) is 0 Å². The van der Waals surface area contributed by atoms with Crippen LogP contribution in [0.1, 0.15) is 19.3 Å². The Hall–Kier alpha value is -0.0400. The summed E-state index contributed by atoms with van der Waals surface area (Å²) in [5.41, 5.74) is 0. The van der Waals surface area contributed by atoms with Crippen LogP contribution in [0.4, 0.5) is 0 Å². The zero-order chi connectivity index (χ0) is 5.40. The van der Waals surface area contributed by atoms with Crippen molar-refractivity contribution in [2.24, 2.45) is 11.8 Å². The van der Waals surface area contributed by atoms with Gasteiger partial charge in [-0.05, 0) is 24.9 Å². The molecule has 2 aliphatic rings. The van der Waals surface area contributed by atoms with Crippen molar-refractivity contribution in [2.75, 3.05) is 13.1 Å². The zero-order valence-electron chi connectivity index (χ0n) is 5.19. The van der Waals surface area contributed by atoms with Crippen LogP contribution in [0, 0.1) is 11.8 Å². The monoisotopic (exact) mass is 111 g/mol. The maximum Gasteiger partial charge on any atom is -0.000559 e. The molecule has 2 fully saturated rings. The van der Waals surface area contributed by atoms with Crippen molar-refractivity contribution in [3.63, 3.8) is 0 Å². The first-order valence-corrected chi connectivity index (χ1v) is 3.67. The minimum absolute atomic E-state index is 1.07. The molecule has 1 nitrogen and oxygen atoms in total. The summed E-state index contributed by atoms with van der Waals surface area (Å²) in [6.07, 6.45) is 4.54. The summed E-state index contributed by atoms with van der Waals surface area (Å²) in [6.45, 7) is 2.62. The summed E-state index contributed by atoms with van der Waals surface area (Å²) in [5.74, 6) is 2.19. The number of hydrogen-bond donors (Lipinski definition) is 1. The average molecular weight is 111 g/mol. The third-order valence-corrected chi connectivity index (χ3v) is 2.63. The largest absolute Gasteiger partial charge is 0.316 e. The highest BCUT2D eigenvalue weighted by atomic mass is 15.0. The first-order chi connectivity index (χ1) is 3.97. The molecule has 1 heterocycles. The molecule has 1 aliphatic carbocycles. The van der Waals surface area contributed by atoms with E-state index >= 15 is 0 Å². The summed E-state index contributed by atoms with van der Waals surface area (Å²) in [7, 11) is 0. The lowest BCUT2D eigenvalue weighted by atomic mass is 9.73. The predicted octanol–water partition coefficient (Wildman–Crippen LogP) is 1.01. The second-order valence-corrected chi connectivity index (χ2v) is 3.11. The van der Waals surface area contributed by atoms with Gasteiger partial charge in [-0.2, -0.15) is 0 Å². The molecule has 0 amide bonds. The van der Waals surface area contributed by atoms with Crippen molar-refractivity contribution in [1.82, 2.24) is 5.32 Å². The van der Waals surface area contributed by atoms with E-state index in [0.717, 1.165) is 11.8 Å². The quantitative estimate of drug-likeness (QED) is 0.532. The van der Waals surface area contributed by atoms with E-state index in [1.165, 1.54) is 32.4 Å². The molecule has 0 aromatic carbocycles. The van der Waals surface area contributed by atoms with Crippen LogP contribution in [0.15, 0.2) is 0 Å². The summed E-state index contributed by atoms with van der Waals surface area (Å²) >= 11 is 0. The molecule has 0 radical (unpaired) electrons. The van der Waals surface area contributed by atoms with E-state index in [0.29, 0.717) is 0 Å². The predicted molar refractivity (Wildman–Crippen MR) is 33.7 cm³/mol. The molecule has 0 atom stereocenters. The molecule has 2 rings (SSSR count). The van der Waals surface area contributed by atoms with Gasteiger partial charge in [0.2, 0.25) is 0 Å². The van der Waals surface area contributed by atoms with Gasteiger partial charge in [-0.3, -0.25) is 0 Å². The Morgan fingerprint density at radius 1 is 1.00 bits per heavy atom. The number of hydrogen-bond acceptors (Lipinski definition) is 1. The van der Waals surface area contributed by atoms with E-state index in [-0.39, 0.29) is 0 Å². The van der Waals surface area contributed by atoms with Crippen molar-refractivity contribution in [3.05, 3.63) is 0 Å². The maximum atomic E-state index is 3.31. The van der Waals surface area contributed by atoms with Crippen LogP contribution in [0.2, 0.25) is 0 Å². The molecular weight excluding hydrogens is 98.1 g/mol. The minimum atomic E-state index is 1.07. The lowest BCUT2D eigenvalue weighted by Gasteiger charge is -2.39. The van der Waals surface area contributed by atoms with Gasteiger partial charge in [0.05, 0.1) is 0 Å². The zero-order valence-corrected chi connectivity index (χ0v) is 5.19. The maximum absolute atomic E-state index is 3.31. The van der Waals surface area contributed by atoms with Crippen LogP contribution in [0.5, 0.6) is 0 Å². The second-order valence-electron chi connectivity index (χ2n) is 3.11. The molecule has 0 aromatic rings. The fraction of sp³-hybridized carbons (Fsp3) is 1.00. The first kappa shape index (κ1) is 4.80. The number of nitrogens with one attached hydrogen (secondary N) is 1. The topological polar surface area (TPSA) is 12.0 Å². The smallest absolute Gasteiger partial charge is 0.000559 e. The van der Waals surface area contributed by atoms with Gasteiger partial charge < -0.3 is 5.32 Å². The van der Waals surface area contributed by atoms with Gasteiger partial charge in [0.15, 0.2) is 0 Å². The first-order valence-electron chi connectivity index (χ1n) is 3.67. The van der Waals surface area contributed by atoms with E-state index in [1.54, 1.807) is 0 Å². The molecular formula is C7H13N. The highest BCUT2D eigenvalue weighted by molar-refractivity contribution is 4.85. The van der Waals surface area contributed by atoms with Crippen LogP contribution >= 0.6 is 0 Å². The van der Waals surface area contributed by atoms with Gasteiger partial charge in [0, 0.05) is 0 Å². The molecule has 0 aromatic heterocycles. The highest BCUT2D eigenvalue weighted by Gasteiger charge is 2.30. The van der Waals surface area contributed by atoms with Crippen molar-refractivity contribution in [2.45, 2.75) is 19.3 Å². The lowest BCUT2D eigenvalue weighted by Crippen LogP contribution is -2.47. The molecule has 1 aliphatic heterocycles. The van der Waals surface area contributed by atoms with E-state index in [2.05, 4.69) is 5.32 Å². The summed E-state index contributed by atoms with van der Waals surface area (Å²) < 4.78 is 0. The van der Waals surface area contributed by atoms with E-state index in [1.807, 2.05) is 0 Å². The fourth-order valence-corrected chi connectivity index (χ4v) is 1.56. The van der Waals surface area contributed by atoms with Gasteiger partial charge in [-0.15, -0.1) is 0 Å². The molecule has 46 valence electrons. The minimum Gasteiger partial charge on any atom is -0.316 e. The Balaban J connectivity index is 1.79. The van der Waals surface area contributed by atoms with Gasteiger partial charge in [-0.1, -0.05) is 19.3 Å². The normalized spacial score (nSPS) is 31.5. The highest BCUT2D eigenvalue weighted by Crippen LogP contribution is 2.34. The molecule has 0 bridgehead atoms. The fourth-order valence-electron chi connectivity index (χ4n) is 1.56. The van der Waals surface area contributed by atoms with Crippen LogP contribution < -0.4 is 5.32 Å². The SMILES string of the molecule is C1CC(C2CNC2)C1. The van der Waals surface area contributed by atoms with E-state index in [9.17, 15) is 0 Å². The number of rotatable bonds is 1. The molecule has 0 spiro atoms. The lowest BCUT2D eigenvalue weighted by molar-refractivity contribution is 0.150. The Labute approximate surface area is 50.5 Å². The Morgan fingerprint density at radius 2 is 1.75 bits per heavy atom.